The quantitative estimate of drug-likeness (QED) is 0.858. The van der Waals surface area contributed by atoms with Crippen LogP contribution in [0.3, 0.4) is 0 Å². The Morgan fingerprint density at radius 1 is 1.03 bits per heavy atom. The third kappa shape index (κ3) is 3.71. The Balaban J connectivity index is 1.71. The third-order valence-electron chi connectivity index (χ3n) is 6.45. The van der Waals surface area contributed by atoms with Crippen LogP contribution in [-0.4, -0.2) is 67.3 Å². The summed E-state index contributed by atoms with van der Waals surface area (Å²) in [7, 11) is 8.12. The molecule has 0 bridgehead atoms. The van der Waals surface area contributed by atoms with E-state index in [4.69, 9.17) is 9.97 Å². The van der Waals surface area contributed by atoms with Crippen LogP contribution in [0.2, 0.25) is 0 Å². The number of aliphatic hydroxyl groups is 1. The Bertz CT molecular complexity index is 854. The molecule has 0 spiro atoms. The van der Waals surface area contributed by atoms with Gasteiger partial charge in [0.25, 0.3) is 0 Å². The first-order chi connectivity index (χ1) is 13.9. The fourth-order valence-corrected chi connectivity index (χ4v) is 4.79. The van der Waals surface area contributed by atoms with Crippen LogP contribution < -0.4 is 9.80 Å². The van der Waals surface area contributed by atoms with Crippen molar-refractivity contribution < 1.29 is 5.11 Å². The van der Waals surface area contributed by atoms with E-state index in [-0.39, 0.29) is 6.04 Å². The van der Waals surface area contributed by atoms with E-state index in [1.807, 2.05) is 49.3 Å². The molecule has 6 heteroatoms. The highest BCUT2D eigenvalue weighted by Gasteiger charge is 2.44. The maximum atomic E-state index is 11.7. The van der Waals surface area contributed by atoms with Gasteiger partial charge in [-0.2, -0.15) is 4.98 Å². The molecule has 1 saturated heterocycles. The molecule has 2 atom stereocenters. The van der Waals surface area contributed by atoms with Crippen molar-refractivity contribution in [1.82, 2.24) is 14.9 Å². The zero-order chi connectivity index (χ0) is 20.6. The molecule has 1 aliphatic carbocycles. The second-order valence-corrected chi connectivity index (χ2v) is 8.84. The van der Waals surface area contributed by atoms with E-state index in [2.05, 4.69) is 23.9 Å². The number of hydrogen-bond acceptors (Lipinski definition) is 6. The van der Waals surface area contributed by atoms with Gasteiger partial charge in [0.1, 0.15) is 11.4 Å². The lowest BCUT2D eigenvalue weighted by Crippen LogP contribution is -2.59. The Labute approximate surface area is 174 Å². The Morgan fingerprint density at radius 2 is 1.76 bits per heavy atom. The summed E-state index contributed by atoms with van der Waals surface area (Å²) in [5, 5.41) is 11.7. The zero-order valence-corrected chi connectivity index (χ0v) is 18.1. The second-order valence-electron chi connectivity index (χ2n) is 8.84. The van der Waals surface area contributed by atoms with E-state index in [9.17, 15) is 5.11 Å². The van der Waals surface area contributed by atoms with Gasteiger partial charge in [-0.25, -0.2) is 4.98 Å². The molecule has 0 saturated carbocycles. The lowest BCUT2D eigenvalue weighted by molar-refractivity contribution is -0.0527. The molecule has 1 N–H and O–H groups in total. The summed E-state index contributed by atoms with van der Waals surface area (Å²) in [5.41, 5.74) is 2.65. The van der Waals surface area contributed by atoms with Crippen molar-refractivity contribution in [3.63, 3.8) is 0 Å². The van der Waals surface area contributed by atoms with Crippen molar-refractivity contribution in [2.24, 2.45) is 0 Å². The monoisotopic (exact) mass is 395 g/mol. The van der Waals surface area contributed by atoms with E-state index in [0.29, 0.717) is 6.42 Å². The number of likely N-dealkylation sites (N-methyl/N-ethyl adjacent to an activating group) is 1. The first kappa shape index (κ1) is 20.1. The fourth-order valence-electron chi connectivity index (χ4n) is 4.79. The number of benzene rings is 1. The van der Waals surface area contributed by atoms with Crippen LogP contribution in [0, 0.1) is 0 Å². The lowest BCUT2D eigenvalue weighted by atomic mass is 9.79. The van der Waals surface area contributed by atoms with Crippen LogP contribution in [0.5, 0.6) is 0 Å². The lowest BCUT2D eigenvalue weighted by Gasteiger charge is -2.48. The molecule has 1 aromatic heterocycles. The molecule has 1 aliphatic heterocycles. The largest absolute Gasteiger partial charge is 0.383 e. The molecule has 4 rings (SSSR count). The van der Waals surface area contributed by atoms with Gasteiger partial charge in [0.05, 0.1) is 11.7 Å². The minimum Gasteiger partial charge on any atom is -0.383 e. The predicted octanol–water partition coefficient (Wildman–Crippen LogP) is 2.45. The number of nitrogens with zero attached hydrogens (tertiary/aromatic N) is 5. The van der Waals surface area contributed by atoms with E-state index >= 15 is 0 Å². The minimum absolute atomic E-state index is 0.0179. The van der Waals surface area contributed by atoms with Gasteiger partial charge in [-0.05, 0) is 51.8 Å². The van der Waals surface area contributed by atoms with E-state index in [1.165, 1.54) is 24.1 Å². The summed E-state index contributed by atoms with van der Waals surface area (Å²) in [4.78, 5) is 16.3. The van der Waals surface area contributed by atoms with Gasteiger partial charge >= 0.3 is 0 Å². The summed E-state index contributed by atoms with van der Waals surface area (Å²) < 4.78 is 0. The fraction of sp³-hybridized carbons (Fsp3) is 0.565. The van der Waals surface area contributed by atoms with Crippen molar-refractivity contribution in [3.8, 4) is 0 Å². The number of aromatic nitrogens is 2. The molecule has 0 radical (unpaired) electrons. The molecule has 29 heavy (non-hydrogen) atoms. The van der Waals surface area contributed by atoms with Gasteiger partial charge in [-0.1, -0.05) is 30.3 Å². The number of hydrogen-bond donors (Lipinski definition) is 1. The molecule has 1 aromatic carbocycles. The molecular formula is C23H33N5O. The summed E-state index contributed by atoms with van der Waals surface area (Å²) in [5.74, 6) is 1.85. The highest BCUT2D eigenvalue weighted by Crippen LogP contribution is 2.38. The molecular weight excluding hydrogens is 362 g/mol. The standard InChI is InChI=1S/C23H33N5O/c1-26(2)20-16-28(15-14-23(20,29)17-10-6-5-7-11-17)21-18-12-8-9-13-19(18)24-22(25-21)27(3)4/h5-7,10-11,20,29H,8-9,12-16H2,1-4H3/t20-,23+/m1/s1. The number of rotatable bonds is 4. The number of fused-ring (bicyclic) bond motifs is 1. The Kier molecular flexibility index (Phi) is 5.49. The summed E-state index contributed by atoms with van der Waals surface area (Å²) in [6.07, 6.45) is 5.15. The van der Waals surface area contributed by atoms with Crippen molar-refractivity contribution in [2.45, 2.75) is 43.7 Å². The topological polar surface area (TPSA) is 55.7 Å². The highest BCUT2D eigenvalue weighted by molar-refractivity contribution is 5.55. The van der Waals surface area contributed by atoms with Gasteiger partial charge in [0, 0.05) is 32.7 Å². The van der Waals surface area contributed by atoms with Crippen molar-refractivity contribution >= 4 is 11.8 Å². The van der Waals surface area contributed by atoms with Crippen LogP contribution in [0.4, 0.5) is 11.8 Å². The van der Waals surface area contributed by atoms with Gasteiger partial charge in [0.15, 0.2) is 0 Å². The first-order valence-electron chi connectivity index (χ1n) is 10.7. The Hall–Kier alpha value is -2.18. The SMILES string of the molecule is CN(C)c1nc2c(c(N3CC[C@](O)(c4ccccc4)[C@H](N(C)C)C3)n1)CCCC2. The Morgan fingerprint density at radius 3 is 2.45 bits per heavy atom. The second kappa shape index (κ2) is 7.92. The predicted molar refractivity (Wildman–Crippen MR) is 118 cm³/mol. The summed E-state index contributed by atoms with van der Waals surface area (Å²) in [6.45, 7) is 1.53. The molecule has 0 amide bonds. The molecule has 1 fully saturated rings. The van der Waals surface area contributed by atoms with Crippen molar-refractivity contribution in [2.75, 3.05) is 51.1 Å². The van der Waals surface area contributed by atoms with Gasteiger partial charge in [-0.15, -0.1) is 0 Å². The van der Waals surface area contributed by atoms with E-state index in [0.717, 1.165) is 43.3 Å². The maximum absolute atomic E-state index is 11.7. The van der Waals surface area contributed by atoms with E-state index in [1.54, 1.807) is 0 Å². The summed E-state index contributed by atoms with van der Waals surface area (Å²) in [6, 6.07) is 10.1. The van der Waals surface area contributed by atoms with Crippen LogP contribution in [0.25, 0.3) is 0 Å². The maximum Gasteiger partial charge on any atom is 0.227 e. The van der Waals surface area contributed by atoms with Crippen LogP contribution in [-0.2, 0) is 18.4 Å². The summed E-state index contributed by atoms with van der Waals surface area (Å²) >= 11 is 0. The molecule has 2 aromatic rings. The number of piperidine rings is 1. The number of aryl methyl sites for hydroxylation is 1. The first-order valence-corrected chi connectivity index (χ1v) is 10.7. The molecule has 2 aliphatic rings. The highest BCUT2D eigenvalue weighted by atomic mass is 16.3. The average molecular weight is 396 g/mol. The van der Waals surface area contributed by atoms with E-state index < -0.39 is 5.60 Å². The minimum atomic E-state index is -0.862. The third-order valence-corrected chi connectivity index (χ3v) is 6.45. The van der Waals surface area contributed by atoms with Crippen molar-refractivity contribution in [3.05, 3.63) is 47.2 Å². The van der Waals surface area contributed by atoms with Gasteiger partial charge in [-0.3, -0.25) is 0 Å². The van der Waals surface area contributed by atoms with Gasteiger partial charge in [0.2, 0.25) is 5.95 Å². The van der Waals surface area contributed by atoms with Crippen LogP contribution in [0.1, 0.15) is 36.1 Å². The average Bonchev–Trinajstić information content (AvgIpc) is 2.73. The smallest absolute Gasteiger partial charge is 0.227 e. The molecule has 2 heterocycles. The zero-order valence-electron chi connectivity index (χ0n) is 18.1. The molecule has 6 nitrogen and oxygen atoms in total. The normalized spacial score (nSPS) is 24.5. The van der Waals surface area contributed by atoms with Crippen LogP contribution in [0.15, 0.2) is 30.3 Å². The van der Waals surface area contributed by atoms with Crippen LogP contribution >= 0.6 is 0 Å². The molecule has 0 unspecified atom stereocenters. The number of anilines is 2. The van der Waals surface area contributed by atoms with Gasteiger partial charge < -0.3 is 19.8 Å². The molecule has 156 valence electrons. The van der Waals surface area contributed by atoms with Crippen molar-refractivity contribution in [1.29, 1.82) is 0 Å².